The smallest absolute Gasteiger partial charge is 0.162 e. The van der Waals surface area contributed by atoms with Crippen molar-refractivity contribution in [1.29, 1.82) is 0 Å². The molecule has 4 heteroatoms. The predicted molar refractivity (Wildman–Crippen MR) is 78.6 cm³/mol. The van der Waals surface area contributed by atoms with Crippen LogP contribution in [-0.4, -0.2) is 13.2 Å². The largest absolute Gasteiger partial charge is 0.486 e. The molecule has 2 N–H and O–H groups in total. The summed E-state index contributed by atoms with van der Waals surface area (Å²) in [7, 11) is 0. The van der Waals surface area contributed by atoms with Gasteiger partial charge in [-0.15, -0.1) is 0 Å². The zero-order valence-electron chi connectivity index (χ0n) is 11.0. The molecule has 1 heterocycles. The minimum Gasteiger partial charge on any atom is -0.486 e. The standard InChI is InChI=1S/C15H20BrNO2/c16-12-9-14-13(18-6-7-19-14)8-11(12)15(17)10-4-2-1-3-5-10/h8-10,15H,1-7,17H2. The summed E-state index contributed by atoms with van der Waals surface area (Å²) < 4.78 is 12.3. The zero-order valence-corrected chi connectivity index (χ0v) is 12.6. The van der Waals surface area contributed by atoms with Gasteiger partial charge < -0.3 is 15.2 Å². The van der Waals surface area contributed by atoms with Crippen molar-refractivity contribution < 1.29 is 9.47 Å². The Bertz CT molecular complexity index is 458. The minimum absolute atomic E-state index is 0.0884. The molecule has 1 aliphatic heterocycles. The summed E-state index contributed by atoms with van der Waals surface area (Å²) in [6.45, 7) is 1.24. The van der Waals surface area contributed by atoms with E-state index in [9.17, 15) is 0 Å². The molecule has 0 radical (unpaired) electrons. The van der Waals surface area contributed by atoms with E-state index in [1.54, 1.807) is 0 Å². The van der Waals surface area contributed by atoms with Crippen molar-refractivity contribution in [1.82, 2.24) is 0 Å². The maximum atomic E-state index is 6.48. The molecular weight excluding hydrogens is 306 g/mol. The first kappa shape index (κ1) is 13.3. The molecule has 1 atom stereocenters. The van der Waals surface area contributed by atoms with Crippen LogP contribution >= 0.6 is 15.9 Å². The molecule has 0 bridgehead atoms. The van der Waals surface area contributed by atoms with E-state index in [0.29, 0.717) is 19.1 Å². The number of hydrogen-bond donors (Lipinski definition) is 1. The lowest BCUT2D eigenvalue weighted by Gasteiger charge is -2.29. The van der Waals surface area contributed by atoms with Gasteiger partial charge in [-0.2, -0.15) is 0 Å². The average Bonchev–Trinajstić information content (AvgIpc) is 2.47. The minimum atomic E-state index is 0.0884. The number of ether oxygens (including phenoxy) is 2. The van der Waals surface area contributed by atoms with Crippen LogP contribution in [0.1, 0.15) is 43.7 Å². The van der Waals surface area contributed by atoms with Crippen molar-refractivity contribution in [3.05, 3.63) is 22.2 Å². The highest BCUT2D eigenvalue weighted by Crippen LogP contribution is 2.41. The number of benzene rings is 1. The summed E-state index contributed by atoms with van der Waals surface area (Å²) in [5, 5.41) is 0. The van der Waals surface area contributed by atoms with Gasteiger partial charge in [-0.1, -0.05) is 35.2 Å². The normalized spacial score (nSPS) is 21.2. The number of fused-ring (bicyclic) bond motifs is 1. The van der Waals surface area contributed by atoms with E-state index in [-0.39, 0.29) is 6.04 Å². The molecule has 1 saturated carbocycles. The van der Waals surface area contributed by atoms with Crippen LogP contribution in [0.5, 0.6) is 11.5 Å². The fourth-order valence-electron chi connectivity index (χ4n) is 3.08. The lowest BCUT2D eigenvalue weighted by atomic mass is 9.81. The van der Waals surface area contributed by atoms with Crippen molar-refractivity contribution in [3.63, 3.8) is 0 Å². The highest BCUT2D eigenvalue weighted by molar-refractivity contribution is 9.10. The molecule has 104 valence electrons. The SMILES string of the molecule is NC(c1cc2c(cc1Br)OCCO2)C1CCCCC1. The molecule has 3 nitrogen and oxygen atoms in total. The van der Waals surface area contributed by atoms with Gasteiger partial charge in [0.15, 0.2) is 11.5 Å². The molecular formula is C15H20BrNO2. The van der Waals surface area contributed by atoms with E-state index in [1.165, 1.54) is 32.1 Å². The molecule has 0 aromatic heterocycles. The van der Waals surface area contributed by atoms with E-state index in [2.05, 4.69) is 22.0 Å². The third-order valence-corrected chi connectivity index (χ3v) is 4.87. The first-order valence-corrected chi connectivity index (χ1v) is 7.89. The number of halogens is 1. The molecule has 0 amide bonds. The Labute approximate surface area is 122 Å². The average molecular weight is 326 g/mol. The van der Waals surface area contributed by atoms with Gasteiger partial charge in [-0.3, -0.25) is 0 Å². The molecule has 0 spiro atoms. The van der Waals surface area contributed by atoms with Crippen LogP contribution in [0.15, 0.2) is 16.6 Å². The van der Waals surface area contributed by atoms with Crippen molar-refractivity contribution in [2.24, 2.45) is 11.7 Å². The highest BCUT2D eigenvalue weighted by Gasteiger charge is 2.25. The van der Waals surface area contributed by atoms with Gasteiger partial charge in [0.2, 0.25) is 0 Å². The highest BCUT2D eigenvalue weighted by atomic mass is 79.9. The van der Waals surface area contributed by atoms with Gasteiger partial charge in [0.05, 0.1) is 0 Å². The lowest BCUT2D eigenvalue weighted by molar-refractivity contribution is 0.171. The van der Waals surface area contributed by atoms with E-state index in [1.807, 2.05) is 6.07 Å². The van der Waals surface area contributed by atoms with E-state index >= 15 is 0 Å². The van der Waals surface area contributed by atoms with Crippen molar-refractivity contribution in [2.75, 3.05) is 13.2 Å². The van der Waals surface area contributed by atoms with Gasteiger partial charge in [0.1, 0.15) is 13.2 Å². The topological polar surface area (TPSA) is 44.5 Å². The molecule has 1 aromatic carbocycles. The zero-order chi connectivity index (χ0) is 13.2. The van der Waals surface area contributed by atoms with Gasteiger partial charge in [-0.25, -0.2) is 0 Å². The van der Waals surface area contributed by atoms with Gasteiger partial charge in [0, 0.05) is 10.5 Å². The molecule has 1 aliphatic carbocycles. The predicted octanol–water partition coefficient (Wildman–Crippen LogP) is 3.80. The fraction of sp³-hybridized carbons (Fsp3) is 0.600. The van der Waals surface area contributed by atoms with Crippen LogP contribution in [0.25, 0.3) is 0 Å². The Hall–Kier alpha value is -0.740. The number of nitrogens with two attached hydrogens (primary N) is 1. The van der Waals surface area contributed by atoms with Crippen LogP contribution in [0.4, 0.5) is 0 Å². The van der Waals surface area contributed by atoms with Gasteiger partial charge in [0.25, 0.3) is 0 Å². The summed E-state index contributed by atoms with van der Waals surface area (Å²) in [5.41, 5.74) is 7.63. The second-order valence-corrected chi connectivity index (χ2v) is 6.30. The third-order valence-electron chi connectivity index (χ3n) is 4.18. The Balaban J connectivity index is 1.86. The number of rotatable bonds is 2. The van der Waals surface area contributed by atoms with E-state index in [4.69, 9.17) is 15.2 Å². The Morgan fingerprint density at radius 1 is 1.05 bits per heavy atom. The first-order valence-electron chi connectivity index (χ1n) is 7.10. The molecule has 1 unspecified atom stereocenters. The molecule has 19 heavy (non-hydrogen) atoms. The molecule has 3 rings (SSSR count). The Kier molecular flexibility index (Phi) is 3.99. The van der Waals surface area contributed by atoms with Crippen LogP contribution in [-0.2, 0) is 0 Å². The Morgan fingerprint density at radius 2 is 1.68 bits per heavy atom. The molecule has 2 aliphatic rings. The van der Waals surface area contributed by atoms with Crippen LogP contribution < -0.4 is 15.2 Å². The van der Waals surface area contributed by atoms with Gasteiger partial charge >= 0.3 is 0 Å². The summed E-state index contributed by atoms with van der Waals surface area (Å²) in [6, 6.07) is 4.13. The van der Waals surface area contributed by atoms with Crippen molar-refractivity contribution in [3.8, 4) is 11.5 Å². The molecule has 0 saturated heterocycles. The van der Waals surface area contributed by atoms with Crippen LogP contribution in [0.3, 0.4) is 0 Å². The lowest BCUT2D eigenvalue weighted by Crippen LogP contribution is -2.24. The fourth-order valence-corrected chi connectivity index (χ4v) is 3.67. The maximum Gasteiger partial charge on any atom is 0.162 e. The first-order chi connectivity index (χ1) is 9.25. The van der Waals surface area contributed by atoms with E-state index in [0.717, 1.165) is 21.5 Å². The second-order valence-electron chi connectivity index (χ2n) is 5.44. The van der Waals surface area contributed by atoms with Crippen LogP contribution in [0, 0.1) is 5.92 Å². The van der Waals surface area contributed by atoms with Crippen molar-refractivity contribution >= 4 is 15.9 Å². The van der Waals surface area contributed by atoms with Crippen LogP contribution in [0.2, 0.25) is 0 Å². The van der Waals surface area contributed by atoms with Crippen molar-refractivity contribution in [2.45, 2.75) is 38.1 Å². The summed E-state index contributed by atoms with van der Waals surface area (Å²) in [6.07, 6.45) is 6.44. The molecule has 1 fully saturated rings. The van der Waals surface area contributed by atoms with E-state index < -0.39 is 0 Å². The quantitative estimate of drug-likeness (QED) is 0.899. The molecule has 1 aromatic rings. The monoisotopic (exact) mass is 325 g/mol. The summed E-state index contributed by atoms with van der Waals surface area (Å²) in [4.78, 5) is 0. The number of hydrogen-bond acceptors (Lipinski definition) is 3. The second kappa shape index (κ2) is 5.71. The Morgan fingerprint density at radius 3 is 2.37 bits per heavy atom. The summed E-state index contributed by atoms with van der Waals surface area (Å²) in [5.74, 6) is 2.24. The summed E-state index contributed by atoms with van der Waals surface area (Å²) >= 11 is 3.63. The maximum absolute atomic E-state index is 6.48. The third kappa shape index (κ3) is 2.75. The van der Waals surface area contributed by atoms with Gasteiger partial charge in [-0.05, 0) is 36.5 Å².